The average molecular weight is 351 g/mol. The maximum atomic E-state index is 3.76. The molecule has 2 nitrogen and oxygen atoms in total. The summed E-state index contributed by atoms with van der Waals surface area (Å²) < 4.78 is 1.23. The lowest BCUT2D eigenvalue weighted by molar-refractivity contribution is 0.424. The van der Waals surface area contributed by atoms with Gasteiger partial charge in [0.25, 0.3) is 0 Å². The maximum absolute atomic E-state index is 3.76. The Kier molecular flexibility index (Phi) is 4.33. The summed E-state index contributed by atoms with van der Waals surface area (Å²) >= 11 is 3.76. The molecular formula is C18H27BrN2. The molecule has 0 radical (unpaired) electrons. The van der Waals surface area contributed by atoms with Gasteiger partial charge in [-0.3, -0.25) is 0 Å². The zero-order valence-corrected chi connectivity index (χ0v) is 15.0. The number of halogens is 1. The third kappa shape index (κ3) is 3.62. The topological polar surface area (TPSA) is 15.3 Å². The minimum Gasteiger partial charge on any atom is -0.371 e. The Labute approximate surface area is 137 Å². The van der Waals surface area contributed by atoms with Gasteiger partial charge in [0.05, 0.1) is 0 Å². The first kappa shape index (κ1) is 15.4. The molecule has 1 saturated heterocycles. The normalized spacial score (nSPS) is 25.4. The van der Waals surface area contributed by atoms with E-state index in [0.29, 0.717) is 0 Å². The molecule has 0 aromatic heterocycles. The van der Waals surface area contributed by atoms with E-state index in [4.69, 9.17) is 0 Å². The first-order valence-electron chi connectivity index (χ1n) is 8.21. The second-order valence-electron chi connectivity index (χ2n) is 7.74. The van der Waals surface area contributed by atoms with E-state index in [2.05, 4.69) is 65.1 Å². The van der Waals surface area contributed by atoms with Gasteiger partial charge in [-0.05, 0) is 63.1 Å². The Bertz CT molecular complexity index is 494. The lowest BCUT2D eigenvalue weighted by atomic mass is 10.0. The number of nitrogens with zero attached hydrogens (tertiary/aromatic N) is 1. The van der Waals surface area contributed by atoms with E-state index in [0.717, 1.165) is 18.4 Å². The molecule has 2 aliphatic rings. The summed E-state index contributed by atoms with van der Waals surface area (Å²) in [6.07, 6.45) is 4.33. The number of rotatable bonds is 3. The minimum atomic E-state index is 0.157. The third-order valence-corrected chi connectivity index (χ3v) is 5.68. The third-order valence-electron chi connectivity index (χ3n) is 4.94. The summed E-state index contributed by atoms with van der Waals surface area (Å²) in [6.45, 7) is 10.1. The minimum absolute atomic E-state index is 0.157. The monoisotopic (exact) mass is 350 g/mol. The maximum Gasteiger partial charge on any atom is 0.0377 e. The van der Waals surface area contributed by atoms with Crippen molar-refractivity contribution < 1.29 is 0 Å². The van der Waals surface area contributed by atoms with Crippen molar-refractivity contribution in [3.63, 3.8) is 0 Å². The molecule has 0 bridgehead atoms. The molecular weight excluding hydrogens is 324 g/mol. The van der Waals surface area contributed by atoms with Gasteiger partial charge in [0.1, 0.15) is 0 Å². The molecule has 1 aromatic rings. The second-order valence-corrected chi connectivity index (χ2v) is 8.59. The van der Waals surface area contributed by atoms with Crippen molar-refractivity contribution >= 4 is 21.6 Å². The van der Waals surface area contributed by atoms with Crippen molar-refractivity contribution in [1.29, 1.82) is 0 Å². The Morgan fingerprint density at radius 3 is 2.43 bits per heavy atom. The van der Waals surface area contributed by atoms with E-state index in [1.165, 1.54) is 48.1 Å². The van der Waals surface area contributed by atoms with E-state index in [1.807, 2.05) is 0 Å². The van der Waals surface area contributed by atoms with Gasteiger partial charge >= 0.3 is 0 Å². The molecule has 1 saturated carbocycles. The molecule has 2 atom stereocenters. The van der Waals surface area contributed by atoms with Crippen LogP contribution in [0.3, 0.4) is 0 Å². The largest absolute Gasteiger partial charge is 0.371 e. The van der Waals surface area contributed by atoms with Gasteiger partial charge in [-0.15, -0.1) is 0 Å². The number of hydrogen-bond acceptors (Lipinski definition) is 2. The van der Waals surface area contributed by atoms with E-state index < -0.39 is 0 Å². The molecule has 1 aromatic carbocycles. The summed E-state index contributed by atoms with van der Waals surface area (Å²) in [4.78, 5) is 2.58. The number of anilines is 1. The fourth-order valence-corrected chi connectivity index (χ4v) is 4.19. The van der Waals surface area contributed by atoms with Crippen LogP contribution in [0.25, 0.3) is 0 Å². The molecule has 3 rings (SSSR count). The molecule has 2 unspecified atom stereocenters. The number of fused-ring (bicyclic) bond motifs is 1. The van der Waals surface area contributed by atoms with Crippen molar-refractivity contribution in [2.45, 2.75) is 52.1 Å². The first-order chi connectivity index (χ1) is 9.92. The summed E-state index contributed by atoms with van der Waals surface area (Å²) in [7, 11) is 0. The molecule has 0 amide bonds. The molecule has 1 aliphatic carbocycles. The van der Waals surface area contributed by atoms with Gasteiger partial charge in [-0.25, -0.2) is 0 Å². The number of hydrogen-bond donors (Lipinski definition) is 1. The van der Waals surface area contributed by atoms with Crippen molar-refractivity contribution in [3.05, 3.63) is 28.2 Å². The Morgan fingerprint density at radius 1 is 1.19 bits per heavy atom. The summed E-state index contributed by atoms with van der Waals surface area (Å²) in [6, 6.07) is 6.87. The van der Waals surface area contributed by atoms with Crippen LogP contribution in [0.1, 0.15) is 45.6 Å². The van der Waals surface area contributed by atoms with E-state index >= 15 is 0 Å². The molecule has 1 aliphatic heterocycles. The van der Waals surface area contributed by atoms with Crippen LogP contribution in [0.2, 0.25) is 0 Å². The van der Waals surface area contributed by atoms with Gasteiger partial charge < -0.3 is 10.2 Å². The predicted molar refractivity (Wildman–Crippen MR) is 93.8 cm³/mol. The summed E-state index contributed by atoms with van der Waals surface area (Å²) in [5, 5.41) is 3.56. The van der Waals surface area contributed by atoms with E-state index in [-0.39, 0.29) is 5.54 Å². The van der Waals surface area contributed by atoms with Crippen LogP contribution < -0.4 is 10.2 Å². The van der Waals surface area contributed by atoms with Crippen LogP contribution in [0.15, 0.2) is 22.7 Å². The highest BCUT2D eigenvalue weighted by Crippen LogP contribution is 2.40. The van der Waals surface area contributed by atoms with E-state index in [9.17, 15) is 0 Å². The zero-order valence-electron chi connectivity index (χ0n) is 13.5. The van der Waals surface area contributed by atoms with Crippen LogP contribution in [-0.2, 0) is 6.54 Å². The predicted octanol–water partition coefficient (Wildman–Crippen LogP) is 4.57. The Balaban J connectivity index is 1.67. The van der Waals surface area contributed by atoms with Gasteiger partial charge in [0.2, 0.25) is 0 Å². The van der Waals surface area contributed by atoms with Crippen LogP contribution in [0.4, 0.5) is 5.69 Å². The van der Waals surface area contributed by atoms with Crippen LogP contribution >= 0.6 is 15.9 Å². The second kappa shape index (κ2) is 5.92. The fraction of sp³-hybridized carbons (Fsp3) is 0.667. The van der Waals surface area contributed by atoms with Crippen molar-refractivity contribution in [3.8, 4) is 0 Å². The van der Waals surface area contributed by atoms with Gasteiger partial charge in [0, 0.05) is 35.3 Å². The SMILES string of the molecule is CC(C)(C)NCc1ccc(N2CC3CCCC3C2)cc1Br. The molecule has 1 N–H and O–H groups in total. The van der Waals surface area contributed by atoms with Gasteiger partial charge in [0.15, 0.2) is 0 Å². The highest BCUT2D eigenvalue weighted by molar-refractivity contribution is 9.10. The number of nitrogens with one attached hydrogen (secondary N) is 1. The van der Waals surface area contributed by atoms with Gasteiger partial charge in [-0.2, -0.15) is 0 Å². The van der Waals surface area contributed by atoms with Crippen LogP contribution in [-0.4, -0.2) is 18.6 Å². The quantitative estimate of drug-likeness (QED) is 0.858. The van der Waals surface area contributed by atoms with Gasteiger partial charge in [-0.1, -0.05) is 28.4 Å². The highest BCUT2D eigenvalue weighted by atomic mass is 79.9. The fourth-order valence-electron chi connectivity index (χ4n) is 3.68. The molecule has 2 fully saturated rings. The molecule has 0 spiro atoms. The summed E-state index contributed by atoms with van der Waals surface area (Å²) in [5.41, 5.74) is 2.88. The Morgan fingerprint density at radius 2 is 1.86 bits per heavy atom. The van der Waals surface area contributed by atoms with Crippen LogP contribution in [0, 0.1) is 11.8 Å². The van der Waals surface area contributed by atoms with Crippen molar-refractivity contribution in [2.75, 3.05) is 18.0 Å². The van der Waals surface area contributed by atoms with Crippen molar-refractivity contribution in [1.82, 2.24) is 5.32 Å². The standard InChI is InChI=1S/C18H27BrN2/c1-18(2,3)20-10-13-7-8-16(9-17(13)19)21-11-14-5-4-6-15(14)12-21/h7-9,14-15,20H,4-6,10-12H2,1-3H3. The van der Waals surface area contributed by atoms with Crippen LogP contribution in [0.5, 0.6) is 0 Å². The molecule has 1 heterocycles. The first-order valence-corrected chi connectivity index (χ1v) is 9.00. The summed E-state index contributed by atoms with van der Waals surface area (Å²) in [5.74, 6) is 1.90. The lowest BCUT2D eigenvalue weighted by Gasteiger charge is -2.23. The lowest BCUT2D eigenvalue weighted by Crippen LogP contribution is -2.35. The van der Waals surface area contributed by atoms with Crippen molar-refractivity contribution in [2.24, 2.45) is 11.8 Å². The molecule has 21 heavy (non-hydrogen) atoms. The van der Waals surface area contributed by atoms with E-state index in [1.54, 1.807) is 0 Å². The smallest absolute Gasteiger partial charge is 0.0377 e. The Hall–Kier alpha value is -0.540. The molecule has 3 heteroatoms. The number of benzene rings is 1. The highest BCUT2D eigenvalue weighted by Gasteiger charge is 2.36. The zero-order chi connectivity index (χ0) is 15.0. The average Bonchev–Trinajstić information content (AvgIpc) is 2.96. The molecule has 116 valence electrons.